The zero-order valence-electron chi connectivity index (χ0n) is 50.2. The Hall–Kier alpha value is -11.0. The molecule has 0 bridgehead atoms. The van der Waals surface area contributed by atoms with Gasteiger partial charge in [0.15, 0.2) is 5.69 Å². The van der Waals surface area contributed by atoms with Crippen LogP contribution in [0.25, 0.3) is 197 Å². The first kappa shape index (κ1) is 54.5. The molecule has 0 aliphatic heterocycles. The maximum Gasteiger partial charge on any atom is 0.236 e. The zero-order chi connectivity index (χ0) is 62.4. The molecular formula is C84H46ClN6S4+. The largest absolute Gasteiger partial charge is 0.300 e. The Morgan fingerprint density at radius 3 is 1.40 bits per heavy atom. The van der Waals surface area contributed by atoms with E-state index in [1.165, 1.54) is 136 Å². The minimum Gasteiger partial charge on any atom is -0.300 e. The van der Waals surface area contributed by atoms with Crippen LogP contribution in [0, 0.1) is 6.08 Å². The molecule has 1 aliphatic rings. The van der Waals surface area contributed by atoms with Crippen LogP contribution in [0.1, 0.15) is 11.3 Å². The lowest BCUT2D eigenvalue weighted by Crippen LogP contribution is -2.03. The summed E-state index contributed by atoms with van der Waals surface area (Å²) < 4.78 is 10.1. The average molecular weight is 1300 g/mol. The Kier molecular flexibility index (Phi) is 12.3. The molecule has 8 aromatic heterocycles. The molecule has 0 amide bonds. The van der Waals surface area contributed by atoms with Crippen LogP contribution < -0.4 is 0 Å². The van der Waals surface area contributed by atoms with E-state index >= 15 is 0 Å². The molecule has 11 heteroatoms. The number of aromatic amines is 1. The highest BCUT2D eigenvalue weighted by molar-refractivity contribution is 7.27. The zero-order valence-corrected chi connectivity index (χ0v) is 54.2. The Labute approximate surface area is 562 Å². The van der Waals surface area contributed by atoms with Gasteiger partial charge < -0.3 is 0 Å². The van der Waals surface area contributed by atoms with Crippen LogP contribution in [0.4, 0.5) is 0 Å². The van der Waals surface area contributed by atoms with Gasteiger partial charge in [0.05, 0.1) is 34.0 Å². The topological polar surface area (TPSA) is 72.3 Å². The van der Waals surface area contributed by atoms with Gasteiger partial charge in [0.25, 0.3) is 0 Å². The summed E-state index contributed by atoms with van der Waals surface area (Å²) in [4.78, 5) is 25.7. The fourth-order valence-electron chi connectivity index (χ4n) is 14.8. The van der Waals surface area contributed by atoms with Crippen molar-refractivity contribution in [1.82, 2.24) is 29.5 Å². The number of hydrogen-bond donors (Lipinski definition) is 1. The van der Waals surface area contributed by atoms with Crippen molar-refractivity contribution < 1.29 is 0 Å². The van der Waals surface area contributed by atoms with Gasteiger partial charge in [0.2, 0.25) is 11.2 Å². The van der Waals surface area contributed by atoms with E-state index in [1.54, 1.807) is 22.7 Å². The molecule has 0 saturated heterocycles. The quantitative estimate of drug-likeness (QED) is 0.141. The number of H-pyrrole nitrogens is 1. The van der Waals surface area contributed by atoms with Crippen LogP contribution in [0.3, 0.4) is 0 Å². The van der Waals surface area contributed by atoms with E-state index in [4.69, 9.17) is 21.6 Å². The summed E-state index contributed by atoms with van der Waals surface area (Å²) in [6.45, 7) is 0. The van der Waals surface area contributed by atoms with Gasteiger partial charge in [-0.05, 0) is 74.3 Å². The van der Waals surface area contributed by atoms with E-state index < -0.39 is 0 Å². The number of benzene rings is 13. The lowest BCUT2D eigenvalue weighted by molar-refractivity contribution is 1.02. The molecule has 0 spiro atoms. The van der Waals surface area contributed by atoms with Crippen LogP contribution in [-0.4, -0.2) is 29.5 Å². The number of allylic oxidation sites excluding steroid dienone is 2. The fraction of sp³-hybridized carbons (Fsp3) is 0. The van der Waals surface area contributed by atoms with Crippen molar-refractivity contribution in [3.05, 3.63) is 283 Å². The van der Waals surface area contributed by atoms with Crippen LogP contribution >= 0.6 is 56.9 Å². The van der Waals surface area contributed by atoms with E-state index in [0.29, 0.717) is 5.95 Å². The standard InChI is InChI=1S/C42H23N3S2.C22H12NS.C20H11ClN2S/c1-2-14-25-24(12-1)13-11-20-27(25)38-36-30-18-6-10-23-34(30)47-41(36)44-42(43-38)45-32-21-8-5-17-29(32)35-26-15-3-4-16-28(26)40-37(39(35)45)31-19-7-9-22-33(31)46-40;1-2-8-14-13(7-1)19-15-9-3-5-11-17(15)23-21(19)20-16-10-4-6-12-18(16)24-22(14)20;21-20-22-18(14-10-5-7-12-6-1-2-8-13(12)14)17-15-9-3-4-11-16(15)24-19(17)23-20/h1-23H;1-4,6-12,23H;1-11H/q;+1;. The second-order valence-electron chi connectivity index (χ2n) is 23.9. The van der Waals surface area contributed by atoms with Crippen molar-refractivity contribution in [2.75, 3.05) is 0 Å². The summed E-state index contributed by atoms with van der Waals surface area (Å²) in [6.07, 6.45) is 9.41. The van der Waals surface area contributed by atoms with Crippen molar-refractivity contribution in [3.63, 3.8) is 0 Å². The second kappa shape index (κ2) is 21.5. The van der Waals surface area contributed by atoms with E-state index in [1.807, 2.05) is 40.9 Å². The van der Waals surface area contributed by atoms with E-state index in [-0.39, 0.29) is 5.28 Å². The minimum absolute atomic E-state index is 0.289. The summed E-state index contributed by atoms with van der Waals surface area (Å²) in [6, 6.07) is 90.6. The molecule has 0 unspecified atom stereocenters. The number of aromatic nitrogens is 6. The van der Waals surface area contributed by atoms with Crippen molar-refractivity contribution >= 4 is 226 Å². The summed E-state index contributed by atoms with van der Waals surface area (Å²) in [5.74, 6) is 0.699. The monoisotopic (exact) mass is 1300 g/mol. The van der Waals surface area contributed by atoms with Crippen molar-refractivity contribution in [1.29, 1.82) is 0 Å². The summed E-state index contributed by atoms with van der Waals surface area (Å²) in [5.41, 5.74) is 10.0. The molecule has 0 fully saturated rings. The van der Waals surface area contributed by atoms with Gasteiger partial charge in [-0.3, -0.25) is 9.55 Å². The lowest BCUT2D eigenvalue weighted by Gasteiger charge is -2.13. The number of fused-ring (bicyclic) bond motifs is 28. The number of nitrogens with zero attached hydrogens (tertiary/aromatic N) is 5. The molecule has 1 aliphatic carbocycles. The average Bonchev–Trinajstić information content (AvgIpc) is 1.56. The summed E-state index contributed by atoms with van der Waals surface area (Å²) in [7, 11) is 0. The molecule has 22 rings (SSSR count). The highest BCUT2D eigenvalue weighted by atomic mass is 35.5. The van der Waals surface area contributed by atoms with Gasteiger partial charge in [-0.15, -0.1) is 45.3 Å². The highest BCUT2D eigenvalue weighted by Gasteiger charge is 2.27. The number of thiophene rings is 4. The maximum absolute atomic E-state index is 6.24. The van der Waals surface area contributed by atoms with E-state index in [9.17, 15) is 0 Å². The van der Waals surface area contributed by atoms with Crippen molar-refractivity contribution in [2.24, 2.45) is 0 Å². The number of halogens is 1. The first-order chi connectivity index (χ1) is 47.1. The van der Waals surface area contributed by atoms with Gasteiger partial charge in [-0.25, -0.2) is 19.9 Å². The van der Waals surface area contributed by atoms with Crippen LogP contribution in [0.15, 0.2) is 261 Å². The predicted octanol–water partition coefficient (Wildman–Crippen LogP) is 25.1. The SMILES string of the molecule is Clc1nc(-c2cccc3ccccc23)c2c(n1)sc1ccccc12.[C+]1=Cc2[nH]c3c(c2C=C1)c1ccccc1c1sc2ccccc2c31.c1ccc2c(-c3nc(-n4c5ccccc5c5c6ccccc6c6sc7ccccc7c6c54)nc4sc5ccccc5c34)cccc2c1. The van der Waals surface area contributed by atoms with Gasteiger partial charge in [0, 0.05) is 115 Å². The third-order valence-electron chi connectivity index (χ3n) is 18.8. The normalized spacial score (nSPS) is 12.3. The molecule has 13 aromatic carbocycles. The first-order valence-corrected chi connectivity index (χ1v) is 35.1. The van der Waals surface area contributed by atoms with Crippen molar-refractivity contribution in [2.45, 2.75) is 0 Å². The highest BCUT2D eigenvalue weighted by Crippen LogP contribution is 2.50. The number of rotatable bonds is 3. The molecule has 95 heavy (non-hydrogen) atoms. The Morgan fingerprint density at radius 2 is 0.800 bits per heavy atom. The van der Waals surface area contributed by atoms with Crippen LogP contribution in [-0.2, 0) is 0 Å². The summed E-state index contributed by atoms with van der Waals surface area (Å²) >= 11 is 13.4. The first-order valence-electron chi connectivity index (χ1n) is 31.5. The molecule has 1 N–H and O–H groups in total. The van der Waals surface area contributed by atoms with Crippen LogP contribution in [0.2, 0.25) is 5.28 Å². The van der Waals surface area contributed by atoms with E-state index in [0.717, 1.165) is 54.2 Å². The van der Waals surface area contributed by atoms with Crippen molar-refractivity contribution in [3.8, 4) is 28.5 Å². The molecule has 442 valence electrons. The fourth-order valence-corrected chi connectivity index (χ4v) is 19.7. The Bertz CT molecular complexity index is 6890. The lowest BCUT2D eigenvalue weighted by atomic mass is 9.98. The number of hydrogen-bond acceptors (Lipinski definition) is 8. The minimum atomic E-state index is 0.289. The molecule has 0 atom stereocenters. The van der Waals surface area contributed by atoms with Crippen LogP contribution in [0.5, 0.6) is 0 Å². The molecular weight excluding hydrogens is 1260 g/mol. The van der Waals surface area contributed by atoms with Gasteiger partial charge in [-0.1, -0.05) is 224 Å². The molecule has 6 nitrogen and oxygen atoms in total. The van der Waals surface area contributed by atoms with E-state index in [2.05, 4.69) is 280 Å². The molecule has 0 saturated carbocycles. The van der Waals surface area contributed by atoms with Gasteiger partial charge in [-0.2, -0.15) is 0 Å². The second-order valence-corrected chi connectivity index (χ2v) is 28.4. The Balaban J connectivity index is 0.000000108. The van der Waals surface area contributed by atoms with Gasteiger partial charge in [0.1, 0.15) is 27.4 Å². The maximum atomic E-state index is 6.24. The molecule has 21 aromatic rings. The predicted molar refractivity (Wildman–Crippen MR) is 411 cm³/mol. The smallest absolute Gasteiger partial charge is 0.236 e. The number of nitrogens with one attached hydrogen (secondary N) is 1. The number of para-hydroxylation sites is 1. The van der Waals surface area contributed by atoms with Gasteiger partial charge >= 0.3 is 0 Å². The third kappa shape index (κ3) is 8.36. The molecule has 8 heterocycles. The Morgan fingerprint density at radius 1 is 0.358 bits per heavy atom. The molecule has 0 radical (unpaired) electrons. The summed E-state index contributed by atoms with van der Waals surface area (Å²) in [5, 5.41) is 23.8. The third-order valence-corrected chi connectivity index (χ3v) is 23.5.